The quantitative estimate of drug-likeness (QED) is 0.713. The molecule has 0 atom stereocenters. The minimum Gasteiger partial charge on any atom is -0.483 e. The van der Waals surface area contributed by atoms with Gasteiger partial charge in [0.1, 0.15) is 5.75 Å². The summed E-state index contributed by atoms with van der Waals surface area (Å²) in [7, 11) is 0. The van der Waals surface area contributed by atoms with Crippen LogP contribution in [0.2, 0.25) is 5.02 Å². The zero-order chi connectivity index (χ0) is 23.5. The monoisotopic (exact) mass is 469 g/mol. The Morgan fingerprint density at radius 3 is 2.34 bits per heavy atom. The fourth-order valence-corrected chi connectivity index (χ4v) is 3.77. The second kappa shape index (κ2) is 9.68. The molecule has 1 aliphatic rings. The fraction of sp³-hybridized carbons (Fsp3) is 0.364. The molecule has 0 spiro atoms. The lowest BCUT2D eigenvalue weighted by molar-refractivity contribution is -0.185. The lowest BCUT2D eigenvalue weighted by atomic mass is 10.1. The smallest absolute Gasteiger partial charge is 0.471 e. The van der Waals surface area contributed by atoms with Gasteiger partial charge in [0.15, 0.2) is 6.61 Å². The number of carbonyl (C=O) groups is 2. The van der Waals surface area contributed by atoms with E-state index in [4.69, 9.17) is 16.3 Å². The summed E-state index contributed by atoms with van der Waals surface area (Å²) in [6, 6.07) is 10.6. The molecule has 0 unspecified atom stereocenters. The zero-order valence-electron chi connectivity index (χ0n) is 17.6. The topological polar surface area (TPSA) is 61.9 Å². The summed E-state index contributed by atoms with van der Waals surface area (Å²) in [4.78, 5) is 26.2. The van der Waals surface area contributed by atoms with Crippen molar-refractivity contribution in [1.29, 1.82) is 0 Å². The van der Waals surface area contributed by atoms with E-state index in [0.717, 1.165) is 16.0 Å². The molecule has 10 heteroatoms. The molecule has 1 fully saturated rings. The fourth-order valence-electron chi connectivity index (χ4n) is 3.47. The van der Waals surface area contributed by atoms with E-state index in [9.17, 15) is 22.8 Å². The predicted molar refractivity (Wildman–Crippen MR) is 116 cm³/mol. The van der Waals surface area contributed by atoms with E-state index < -0.39 is 12.1 Å². The average molecular weight is 470 g/mol. The van der Waals surface area contributed by atoms with Crippen LogP contribution in [0.25, 0.3) is 0 Å². The van der Waals surface area contributed by atoms with Crippen LogP contribution < -0.4 is 15.0 Å². The van der Waals surface area contributed by atoms with Crippen molar-refractivity contribution in [2.45, 2.75) is 20.0 Å². The van der Waals surface area contributed by atoms with Crippen LogP contribution in [0.15, 0.2) is 36.4 Å². The zero-order valence-corrected chi connectivity index (χ0v) is 18.4. The molecular weight excluding hydrogens is 447 g/mol. The minimum absolute atomic E-state index is 0.0527. The molecule has 0 aromatic heterocycles. The van der Waals surface area contributed by atoms with E-state index in [1.165, 1.54) is 0 Å². The van der Waals surface area contributed by atoms with E-state index in [1.807, 2.05) is 32.0 Å². The first-order valence-electron chi connectivity index (χ1n) is 9.95. The number of ether oxygens (including phenoxy) is 1. The standard InChI is InChI=1S/C22H23ClF3N3O3/c1-14-3-6-19(15(2)11-14)32-13-20(30)27-16-4-5-18(17(23)12-16)28-7-9-29(10-8-28)21(31)22(24,25)26/h3-6,11-12H,7-10,13H2,1-2H3,(H,27,30). The van der Waals surface area contributed by atoms with Gasteiger partial charge in [-0.1, -0.05) is 29.3 Å². The van der Waals surface area contributed by atoms with E-state index >= 15 is 0 Å². The van der Waals surface area contributed by atoms with Gasteiger partial charge in [-0.15, -0.1) is 0 Å². The number of nitrogens with zero attached hydrogens (tertiary/aromatic N) is 2. The van der Waals surface area contributed by atoms with Crippen molar-refractivity contribution in [3.8, 4) is 5.75 Å². The highest BCUT2D eigenvalue weighted by Gasteiger charge is 2.43. The van der Waals surface area contributed by atoms with Gasteiger partial charge < -0.3 is 19.9 Å². The summed E-state index contributed by atoms with van der Waals surface area (Å²) in [6.07, 6.45) is -4.87. The first-order valence-corrected chi connectivity index (χ1v) is 10.3. The third-order valence-electron chi connectivity index (χ3n) is 5.07. The molecule has 172 valence electrons. The normalized spacial score (nSPS) is 14.3. The number of hydrogen-bond acceptors (Lipinski definition) is 4. The first kappa shape index (κ1) is 23.7. The molecule has 3 rings (SSSR count). The Kier molecular flexibility index (Phi) is 7.18. The molecule has 1 aliphatic heterocycles. The summed E-state index contributed by atoms with van der Waals surface area (Å²) >= 11 is 6.34. The van der Waals surface area contributed by atoms with Gasteiger partial charge in [0.05, 0.1) is 10.7 Å². The molecule has 2 amide bonds. The van der Waals surface area contributed by atoms with Crippen molar-refractivity contribution in [3.63, 3.8) is 0 Å². The van der Waals surface area contributed by atoms with Crippen LogP contribution >= 0.6 is 11.6 Å². The van der Waals surface area contributed by atoms with Crippen molar-refractivity contribution in [1.82, 2.24) is 4.90 Å². The van der Waals surface area contributed by atoms with Gasteiger partial charge in [0, 0.05) is 31.9 Å². The van der Waals surface area contributed by atoms with Crippen molar-refractivity contribution in [3.05, 3.63) is 52.5 Å². The number of hydrogen-bond donors (Lipinski definition) is 1. The Morgan fingerprint density at radius 1 is 1.06 bits per heavy atom. The molecule has 1 saturated heterocycles. The second-order valence-corrected chi connectivity index (χ2v) is 7.96. The molecule has 1 N–H and O–H groups in total. The number of piperazine rings is 1. The molecule has 2 aromatic carbocycles. The Morgan fingerprint density at radius 2 is 1.75 bits per heavy atom. The number of carbonyl (C=O) groups excluding carboxylic acids is 2. The number of alkyl halides is 3. The maximum absolute atomic E-state index is 12.6. The molecule has 0 saturated carbocycles. The van der Waals surface area contributed by atoms with E-state index in [0.29, 0.717) is 22.1 Å². The molecule has 1 heterocycles. The van der Waals surface area contributed by atoms with Crippen LogP contribution in [0.1, 0.15) is 11.1 Å². The second-order valence-electron chi connectivity index (χ2n) is 7.55. The average Bonchev–Trinajstić information content (AvgIpc) is 2.72. The lowest BCUT2D eigenvalue weighted by Crippen LogP contribution is -2.52. The third kappa shape index (κ3) is 5.85. The van der Waals surface area contributed by atoms with Crippen LogP contribution in [0.5, 0.6) is 5.75 Å². The number of benzene rings is 2. The molecule has 0 aliphatic carbocycles. The number of anilines is 2. The van der Waals surface area contributed by atoms with Gasteiger partial charge in [0.25, 0.3) is 5.91 Å². The Labute approximate surface area is 188 Å². The maximum atomic E-state index is 12.6. The third-order valence-corrected chi connectivity index (χ3v) is 5.37. The largest absolute Gasteiger partial charge is 0.483 e. The van der Waals surface area contributed by atoms with Gasteiger partial charge in [-0.2, -0.15) is 13.2 Å². The SMILES string of the molecule is Cc1ccc(OCC(=O)Nc2ccc(N3CCN(C(=O)C(F)(F)F)CC3)c(Cl)c2)c(C)c1. The maximum Gasteiger partial charge on any atom is 0.471 e. The van der Waals surface area contributed by atoms with Gasteiger partial charge in [0.2, 0.25) is 0 Å². The number of rotatable bonds is 5. The molecule has 0 bridgehead atoms. The Balaban J connectivity index is 1.55. The van der Waals surface area contributed by atoms with Crippen LogP contribution in [0.3, 0.4) is 0 Å². The van der Waals surface area contributed by atoms with Crippen molar-refractivity contribution in [2.24, 2.45) is 0 Å². The Bertz CT molecular complexity index is 1010. The summed E-state index contributed by atoms with van der Waals surface area (Å²) in [5.41, 5.74) is 3.12. The van der Waals surface area contributed by atoms with Crippen LogP contribution in [0.4, 0.5) is 24.5 Å². The van der Waals surface area contributed by atoms with E-state index in [2.05, 4.69) is 5.32 Å². The van der Waals surface area contributed by atoms with Crippen molar-refractivity contribution >= 4 is 34.8 Å². The van der Waals surface area contributed by atoms with Gasteiger partial charge in [-0.3, -0.25) is 9.59 Å². The summed E-state index contributed by atoms with van der Waals surface area (Å²) in [5, 5.41) is 3.05. The molecule has 2 aromatic rings. The van der Waals surface area contributed by atoms with Gasteiger partial charge >= 0.3 is 12.1 Å². The molecule has 32 heavy (non-hydrogen) atoms. The number of aryl methyl sites for hydroxylation is 2. The molecule has 6 nitrogen and oxygen atoms in total. The molecular formula is C22H23ClF3N3O3. The highest BCUT2D eigenvalue weighted by molar-refractivity contribution is 6.33. The number of nitrogens with one attached hydrogen (secondary N) is 1. The molecule has 0 radical (unpaired) electrons. The number of amides is 2. The first-order chi connectivity index (χ1) is 15.0. The lowest BCUT2D eigenvalue weighted by Gasteiger charge is -2.36. The summed E-state index contributed by atoms with van der Waals surface area (Å²) < 4.78 is 43.3. The van der Waals surface area contributed by atoms with Crippen LogP contribution in [0, 0.1) is 13.8 Å². The highest BCUT2D eigenvalue weighted by atomic mass is 35.5. The summed E-state index contributed by atoms with van der Waals surface area (Å²) in [6.45, 7) is 4.04. The minimum atomic E-state index is -4.87. The predicted octanol–water partition coefficient (Wildman–Crippen LogP) is 4.19. The van der Waals surface area contributed by atoms with E-state index in [-0.39, 0.29) is 38.7 Å². The highest BCUT2D eigenvalue weighted by Crippen LogP contribution is 2.30. The van der Waals surface area contributed by atoms with Crippen molar-refractivity contribution < 1.29 is 27.5 Å². The van der Waals surface area contributed by atoms with E-state index in [1.54, 1.807) is 23.1 Å². The van der Waals surface area contributed by atoms with Gasteiger partial charge in [-0.25, -0.2) is 0 Å². The van der Waals surface area contributed by atoms with Crippen LogP contribution in [-0.4, -0.2) is 55.7 Å². The number of halogens is 4. The van der Waals surface area contributed by atoms with Crippen LogP contribution in [-0.2, 0) is 9.59 Å². The van der Waals surface area contributed by atoms with Gasteiger partial charge in [-0.05, 0) is 43.7 Å². The summed E-state index contributed by atoms with van der Waals surface area (Å²) in [5.74, 6) is -1.56. The van der Waals surface area contributed by atoms with Crippen molar-refractivity contribution in [2.75, 3.05) is 43.0 Å². The Hall–Kier alpha value is -2.94.